The van der Waals surface area contributed by atoms with E-state index in [9.17, 15) is 4.79 Å². The molecule has 3 heteroatoms. The van der Waals surface area contributed by atoms with Gasteiger partial charge in [-0.05, 0) is 40.5 Å². The minimum absolute atomic E-state index is 0.0550. The smallest absolute Gasteiger partial charge is 0.408 e. The molecule has 0 aromatic rings. The van der Waals surface area contributed by atoms with Crippen LogP contribution in [0, 0.1) is 0 Å². The molecule has 1 amide bonds. The Kier molecular flexibility index (Phi) is 3.63. The van der Waals surface area contributed by atoms with Crippen LogP contribution in [0.15, 0.2) is 0 Å². The minimum atomic E-state index is -0.408. The zero-order chi connectivity index (χ0) is 11.5. The molecule has 15 heavy (non-hydrogen) atoms. The van der Waals surface area contributed by atoms with Crippen molar-refractivity contribution < 1.29 is 9.53 Å². The van der Waals surface area contributed by atoms with Gasteiger partial charge in [-0.1, -0.05) is 19.3 Å². The van der Waals surface area contributed by atoms with Gasteiger partial charge < -0.3 is 10.1 Å². The average molecular weight is 213 g/mol. The van der Waals surface area contributed by atoms with Gasteiger partial charge in [0.15, 0.2) is 0 Å². The molecule has 1 aliphatic carbocycles. The summed E-state index contributed by atoms with van der Waals surface area (Å²) < 4.78 is 5.26. The van der Waals surface area contributed by atoms with Crippen molar-refractivity contribution >= 4 is 6.09 Å². The lowest BCUT2D eigenvalue weighted by atomic mass is 9.83. The maximum absolute atomic E-state index is 11.6. The second kappa shape index (κ2) is 4.42. The summed E-state index contributed by atoms with van der Waals surface area (Å²) in [6.07, 6.45) is 5.52. The van der Waals surface area contributed by atoms with Crippen LogP contribution in [-0.2, 0) is 4.74 Å². The molecule has 1 N–H and O–H groups in total. The van der Waals surface area contributed by atoms with Gasteiger partial charge >= 0.3 is 6.09 Å². The van der Waals surface area contributed by atoms with E-state index in [4.69, 9.17) is 4.74 Å². The molecule has 0 bridgehead atoms. The molecule has 0 unspecified atom stereocenters. The Morgan fingerprint density at radius 1 is 1.20 bits per heavy atom. The Labute approximate surface area is 92.6 Å². The lowest BCUT2D eigenvalue weighted by Crippen LogP contribution is -2.48. The van der Waals surface area contributed by atoms with Gasteiger partial charge in [-0.25, -0.2) is 4.79 Å². The normalized spacial score (nSPS) is 20.8. The van der Waals surface area contributed by atoms with E-state index in [0.29, 0.717) is 0 Å². The SMILES string of the molecule is CC1(NC(=O)OC(C)(C)C)CCCCC1. The second-order valence-corrected chi connectivity index (χ2v) is 5.75. The number of ether oxygens (including phenoxy) is 1. The summed E-state index contributed by atoms with van der Waals surface area (Å²) in [7, 11) is 0. The van der Waals surface area contributed by atoms with Crippen molar-refractivity contribution in [1.29, 1.82) is 0 Å². The van der Waals surface area contributed by atoms with Gasteiger partial charge in [0.25, 0.3) is 0 Å². The average Bonchev–Trinajstić information content (AvgIpc) is 1.99. The summed E-state index contributed by atoms with van der Waals surface area (Å²) in [4.78, 5) is 11.6. The highest BCUT2D eigenvalue weighted by molar-refractivity contribution is 5.68. The van der Waals surface area contributed by atoms with Gasteiger partial charge in [0.05, 0.1) is 0 Å². The first kappa shape index (κ1) is 12.3. The minimum Gasteiger partial charge on any atom is -0.444 e. The van der Waals surface area contributed by atoms with E-state index in [1.165, 1.54) is 19.3 Å². The second-order valence-electron chi connectivity index (χ2n) is 5.75. The number of alkyl carbamates (subject to hydrolysis) is 1. The quantitative estimate of drug-likeness (QED) is 0.726. The van der Waals surface area contributed by atoms with Crippen LogP contribution in [0.2, 0.25) is 0 Å². The molecule has 1 saturated carbocycles. The maximum Gasteiger partial charge on any atom is 0.408 e. The fourth-order valence-corrected chi connectivity index (χ4v) is 2.01. The van der Waals surface area contributed by atoms with Crippen LogP contribution in [0.25, 0.3) is 0 Å². The highest BCUT2D eigenvalue weighted by atomic mass is 16.6. The fraction of sp³-hybridized carbons (Fsp3) is 0.917. The van der Waals surface area contributed by atoms with Gasteiger partial charge in [0, 0.05) is 5.54 Å². The zero-order valence-electron chi connectivity index (χ0n) is 10.4. The number of hydrogen-bond donors (Lipinski definition) is 1. The third-order valence-electron chi connectivity index (χ3n) is 2.76. The predicted molar refractivity (Wildman–Crippen MR) is 60.9 cm³/mol. The van der Waals surface area contributed by atoms with Gasteiger partial charge in [-0.15, -0.1) is 0 Å². The summed E-state index contributed by atoms with van der Waals surface area (Å²) in [6.45, 7) is 7.76. The van der Waals surface area contributed by atoms with E-state index in [-0.39, 0.29) is 11.6 Å². The molecule has 1 fully saturated rings. The van der Waals surface area contributed by atoms with Crippen molar-refractivity contribution in [2.24, 2.45) is 0 Å². The lowest BCUT2D eigenvalue weighted by molar-refractivity contribution is 0.0439. The summed E-state index contributed by atoms with van der Waals surface area (Å²) in [6, 6.07) is 0. The monoisotopic (exact) mass is 213 g/mol. The fourth-order valence-electron chi connectivity index (χ4n) is 2.01. The number of amides is 1. The van der Waals surface area contributed by atoms with Gasteiger partial charge in [-0.3, -0.25) is 0 Å². The van der Waals surface area contributed by atoms with Crippen LogP contribution in [0.3, 0.4) is 0 Å². The summed E-state index contributed by atoms with van der Waals surface area (Å²) in [5.41, 5.74) is -0.463. The lowest BCUT2D eigenvalue weighted by Gasteiger charge is -2.35. The number of carbonyl (C=O) groups is 1. The van der Waals surface area contributed by atoms with Crippen LogP contribution in [0.1, 0.15) is 59.8 Å². The Hall–Kier alpha value is -0.730. The van der Waals surface area contributed by atoms with Crippen LogP contribution in [0.4, 0.5) is 4.79 Å². The molecule has 0 aliphatic heterocycles. The first-order valence-electron chi connectivity index (χ1n) is 5.82. The van der Waals surface area contributed by atoms with Gasteiger partial charge in [-0.2, -0.15) is 0 Å². The van der Waals surface area contributed by atoms with Crippen molar-refractivity contribution in [3.8, 4) is 0 Å². The highest BCUT2D eigenvalue weighted by Gasteiger charge is 2.30. The molecule has 88 valence electrons. The van der Waals surface area contributed by atoms with Crippen LogP contribution < -0.4 is 5.32 Å². The third kappa shape index (κ3) is 4.54. The summed E-state index contributed by atoms with van der Waals surface area (Å²) >= 11 is 0. The predicted octanol–water partition coefficient (Wildman–Crippen LogP) is 3.23. The molecular formula is C12H23NO2. The maximum atomic E-state index is 11.6. The first-order chi connectivity index (χ1) is 6.81. The Balaban J connectivity index is 2.42. The summed E-state index contributed by atoms with van der Waals surface area (Å²) in [5, 5.41) is 2.99. The van der Waals surface area contributed by atoms with Crippen molar-refractivity contribution in [3.63, 3.8) is 0 Å². The molecule has 0 saturated heterocycles. The van der Waals surface area contributed by atoms with Gasteiger partial charge in [0.2, 0.25) is 0 Å². The van der Waals surface area contributed by atoms with E-state index in [2.05, 4.69) is 12.2 Å². The molecule has 0 atom stereocenters. The number of rotatable bonds is 1. The van der Waals surface area contributed by atoms with Crippen molar-refractivity contribution in [2.75, 3.05) is 0 Å². The first-order valence-corrected chi connectivity index (χ1v) is 5.82. The van der Waals surface area contributed by atoms with E-state index in [1.807, 2.05) is 20.8 Å². The molecule has 1 rings (SSSR count). The van der Waals surface area contributed by atoms with Gasteiger partial charge in [0.1, 0.15) is 5.60 Å². The zero-order valence-corrected chi connectivity index (χ0v) is 10.4. The molecule has 1 aliphatic rings. The largest absolute Gasteiger partial charge is 0.444 e. The van der Waals surface area contributed by atoms with Crippen molar-refractivity contribution in [1.82, 2.24) is 5.32 Å². The molecule has 0 heterocycles. The van der Waals surface area contributed by atoms with Crippen LogP contribution in [0.5, 0.6) is 0 Å². The Morgan fingerprint density at radius 3 is 2.20 bits per heavy atom. The van der Waals surface area contributed by atoms with E-state index in [0.717, 1.165) is 12.8 Å². The van der Waals surface area contributed by atoms with E-state index < -0.39 is 5.60 Å². The van der Waals surface area contributed by atoms with E-state index in [1.54, 1.807) is 0 Å². The standard InChI is InChI=1S/C12H23NO2/c1-11(2,3)15-10(14)13-12(4)8-6-5-7-9-12/h5-9H2,1-4H3,(H,13,14). The summed E-state index contributed by atoms with van der Waals surface area (Å²) in [5.74, 6) is 0. The molecule has 0 aromatic carbocycles. The Morgan fingerprint density at radius 2 is 1.73 bits per heavy atom. The molecule has 0 aromatic heterocycles. The molecular weight excluding hydrogens is 190 g/mol. The topological polar surface area (TPSA) is 38.3 Å². The third-order valence-corrected chi connectivity index (χ3v) is 2.76. The molecule has 0 radical (unpaired) electrons. The number of hydrogen-bond acceptors (Lipinski definition) is 2. The molecule has 0 spiro atoms. The Bertz CT molecular complexity index is 224. The number of nitrogens with one attached hydrogen (secondary N) is 1. The number of carbonyl (C=O) groups excluding carboxylic acids is 1. The van der Waals surface area contributed by atoms with Crippen LogP contribution in [-0.4, -0.2) is 17.2 Å². The molecule has 3 nitrogen and oxygen atoms in total. The van der Waals surface area contributed by atoms with Crippen LogP contribution >= 0.6 is 0 Å². The highest BCUT2D eigenvalue weighted by Crippen LogP contribution is 2.27. The van der Waals surface area contributed by atoms with Crippen molar-refractivity contribution in [2.45, 2.75) is 70.9 Å². The van der Waals surface area contributed by atoms with E-state index >= 15 is 0 Å². The van der Waals surface area contributed by atoms with Crippen molar-refractivity contribution in [3.05, 3.63) is 0 Å².